The molecule has 2 rings (SSSR count). The van der Waals surface area contributed by atoms with E-state index in [4.69, 9.17) is 23.8 Å². The average molecular weight is 374 g/mol. The summed E-state index contributed by atoms with van der Waals surface area (Å²) in [6.07, 6.45) is 8.58. The van der Waals surface area contributed by atoms with Gasteiger partial charge in [-0.25, -0.2) is 0 Å². The van der Waals surface area contributed by atoms with Crippen molar-refractivity contribution in [3.63, 3.8) is 0 Å². The lowest BCUT2D eigenvalue weighted by Crippen LogP contribution is -2.29. The van der Waals surface area contributed by atoms with Crippen molar-refractivity contribution in [1.29, 1.82) is 0 Å². The fourth-order valence-corrected chi connectivity index (χ4v) is 2.86. The summed E-state index contributed by atoms with van der Waals surface area (Å²) >= 11 is 14.7. The van der Waals surface area contributed by atoms with Gasteiger partial charge >= 0.3 is 0 Å². The third-order valence-electron chi connectivity index (χ3n) is 3.29. The number of halogens is 2. The van der Waals surface area contributed by atoms with Gasteiger partial charge in [-0.05, 0) is 78.5 Å². The summed E-state index contributed by atoms with van der Waals surface area (Å²) in [5, 5.41) is 7.69. The van der Waals surface area contributed by atoms with Gasteiger partial charge in [0, 0.05) is 16.7 Å². The highest BCUT2D eigenvalue weighted by molar-refractivity contribution is 9.10. The molecule has 0 amide bonds. The van der Waals surface area contributed by atoms with E-state index in [0.29, 0.717) is 10.1 Å². The van der Waals surface area contributed by atoms with Gasteiger partial charge in [-0.2, -0.15) is 0 Å². The summed E-state index contributed by atoms with van der Waals surface area (Å²) in [6, 6.07) is 5.69. The Kier molecular flexibility index (Phi) is 6.33. The van der Waals surface area contributed by atoms with Crippen LogP contribution in [-0.2, 0) is 0 Å². The standard InChI is InChI=1S/C15H18BrClN2S/c16-13-7-6-12(10-14(13)17)19-15(20)18-9-8-11-4-2-1-3-5-11/h4,6-7,10H,1-3,5,8-9H2,(H2,18,19,20). The van der Waals surface area contributed by atoms with Gasteiger partial charge in [-0.15, -0.1) is 0 Å². The first-order valence-corrected chi connectivity index (χ1v) is 8.41. The zero-order valence-corrected chi connectivity index (χ0v) is 14.4. The molecule has 0 heterocycles. The molecule has 2 N–H and O–H groups in total. The molecule has 1 aliphatic rings. The van der Waals surface area contributed by atoms with Crippen molar-refractivity contribution < 1.29 is 0 Å². The van der Waals surface area contributed by atoms with Crippen LogP contribution in [0.2, 0.25) is 5.02 Å². The second-order valence-electron chi connectivity index (χ2n) is 4.87. The minimum atomic E-state index is 0.639. The van der Waals surface area contributed by atoms with Gasteiger partial charge < -0.3 is 10.6 Å². The third kappa shape index (κ3) is 5.08. The minimum absolute atomic E-state index is 0.639. The van der Waals surface area contributed by atoms with Crippen LogP contribution < -0.4 is 10.6 Å². The number of anilines is 1. The Morgan fingerprint density at radius 3 is 2.90 bits per heavy atom. The highest BCUT2D eigenvalue weighted by Crippen LogP contribution is 2.25. The van der Waals surface area contributed by atoms with E-state index in [2.05, 4.69) is 32.6 Å². The van der Waals surface area contributed by atoms with Crippen molar-refractivity contribution in [2.45, 2.75) is 32.1 Å². The number of rotatable bonds is 4. The van der Waals surface area contributed by atoms with E-state index in [1.165, 1.54) is 25.7 Å². The van der Waals surface area contributed by atoms with Gasteiger partial charge in [0.15, 0.2) is 5.11 Å². The molecule has 5 heteroatoms. The van der Waals surface area contributed by atoms with Crippen molar-refractivity contribution in [2.75, 3.05) is 11.9 Å². The van der Waals surface area contributed by atoms with Gasteiger partial charge in [-0.3, -0.25) is 0 Å². The Hall–Kier alpha value is -0.580. The second kappa shape index (κ2) is 8.01. The van der Waals surface area contributed by atoms with Crippen molar-refractivity contribution in [3.8, 4) is 0 Å². The molecule has 0 spiro atoms. The van der Waals surface area contributed by atoms with Gasteiger partial charge in [-0.1, -0.05) is 23.3 Å². The van der Waals surface area contributed by atoms with E-state index in [0.717, 1.165) is 23.1 Å². The van der Waals surface area contributed by atoms with E-state index in [1.807, 2.05) is 18.2 Å². The molecule has 1 aromatic rings. The topological polar surface area (TPSA) is 24.1 Å². The number of benzene rings is 1. The molecule has 1 aromatic carbocycles. The van der Waals surface area contributed by atoms with E-state index in [9.17, 15) is 0 Å². The second-order valence-corrected chi connectivity index (χ2v) is 6.54. The van der Waals surface area contributed by atoms with E-state index >= 15 is 0 Å². The lowest BCUT2D eigenvalue weighted by molar-refractivity contribution is 0.669. The summed E-state index contributed by atoms with van der Waals surface area (Å²) < 4.78 is 0.882. The smallest absolute Gasteiger partial charge is 0.170 e. The van der Waals surface area contributed by atoms with Crippen molar-refractivity contribution in [2.24, 2.45) is 0 Å². The summed E-state index contributed by atoms with van der Waals surface area (Å²) in [5.41, 5.74) is 2.45. The summed E-state index contributed by atoms with van der Waals surface area (Å²) in [5.74, 6) is 0. The monoisotopic (exact) mass is 372 g/mol. The van der Waals surface area contributed by atoms with Crippen molar-refractivity contribution >= 4 is 50.5 Å². The van der Waals surface area contributed by atoms with Crippen LogP contribution in [0.3, 0.4) is 0 Å². The Morgan fingerprint density at radius 2 is 2.20 bits per heavy atom. The Bertz CT molecular complexity index is 517. The highest BCUT2D eigenvalue weighted by atomic mass is 79.9. The van der Waals surface area contributed by atoms with Crippen LogP contribution in [0.15, 0.2) is 34.3 Å². The molecule has 0 bridgehead atoms. The summed E-state index contributed by atoms with van der Waals surface area (Å²) in [6.45, 7) is 0.877. The number of hydrogen-bond acceptors (Lipinski definition) is 1. The molecule has 1 aliphatic carbocycles. The molecular weight excluding hydrogens is 356 g/mol. The quantitative estimate of drug-likeness (QED) is 0.554. The van der Waals surface area contributed by atoms with Crippen LogP contribution >= 0.6 is 39.7 Å². The first kappa shape index (κ1) is 15.8. The molecule has 0 atom stereocenters. The highest BCUT2D eigenvalue weighted by Gasteiger charge is 2.04. The number of hydrogen-bond donors (Lipinski definition) is 2. The molecule has 20 heavy (non-hydrogen) atoms. The zero-order valence-electron chi connectivity index (χ0n) is 11.2. The maximum absolute atomic E-state index is 6.05. The molecule has 0 saturated carbocycles. The zero-order chi connectivity index (χ0) is 14.4. The van der Waals surface area contributed by atoms with Gasteiger partial charge in [0.1, 0.15) is 0 Å². The first-order valence-electron chi connectivity index (χ1n) is 6.83. The average Bonchev–Trinajstić information content (AvgIpc) is 2.44. The molecule has 0 radical (unpaired) electrons. The van der Waals surface area contributed by atoms with Crippen LogP contribution in [0.25, 0.3) is 0 Å². The van der Waals surface area contributed by atoms with Crippen molar-refractivity contribution in [3.05, 3.63) is 39.3 Å². The lowest BCUT2D eigenvalue weighted by Gasteiger charge is -2.14. The van der Waals surface area contributed by atoms with Gasteiger partial charge in [0.05, 0.1) is 5.02 Å². The first-order chi connectivity index (χ1) is 9.65. The predicted molar refractivity (Wildman–Crippen MR) is 94.5 cm³/mol. The van der Waals surface area contributed by atoms with Crippen LogP contribution in [0.5, 0.6) is 0 Å². The SMILES string of the molecule is S=C(NCCC1=CCCCC1)Nc1ccc(Br)c(Cl)c1. The van der Waals surface area contributed by atoms with Gasteiger partial charge in [0.25, 0.3) is 0 Å². The van der Waals surface area contributed by atoms with Crippen LogP contribution in [0.1, 0.15) is 32.1 Å². The predicted octanol–water partition coefficient (Wildman–Crippen LogP) is 5.28. The minimum Gasteiger partial charge on any atom is -0.362 e. The van der Waals surface area contributed by atoms with Crippen LogP contribution in [0, 0.1) is 0 Å². The Labute approximate surface area is 139 Å². The number of thiocarbonyl (C=S) groups is 1. The summed E-state index contributed by atoms with van der Waals surface area (Å²) in [4.78, 5) is 0. The normalized spacial score (nSPS) is 14.6. The Morgan fingerprint density at radius 1 is 1.35 bits per heavy atom. The molecule has 0 saturated heterocycles. The molecule has 0 aliphatic heterocycles. The van der Waals surface area contributed by atoms with Crippen LogP contribution in [-0.4, -0.2) is 11.7 Å². The molecular formula is C15H18BrClN2S. The van der Waals surface area contributed by atoms with Crippen molar-refractivity contribution in [1.82, 2.24) is 5.32 Å². The van der Waals surface area contributed by atoms with Crippen LogP contribution in [0.4, 0.5) is 5.69 Å². The maximum Gasteiger partial charge on any atom is 0.170 e. The molecule has 0 aromatic heterocycles. The fraction of sp³-hybridized carbons (Fsp3) is 0.400. The molecule has 0 fully saturated rings. The molecule has 2 nitrogen and oxygen atoms in total. The van der Waals surface area contributed by atoms with Gasteiger partial charge in [0.2, 0.25) is 0 Å². The molecule has 0 unspecified atom stereocenters. The Balaban J connectivity index is 1.74. The lowest BCUT2D eigenvalue weighted by atomic mass is 9.97. The third-order valence-corrected chi connectivity index (χ3v) is 4.77. The fourth-order valence-electron chi connectivity index (χ4n) is 2.22. The largest absolute Gasteiger partial charge is 0.362 e. The number of allylic oxidation sites excluding steroid dienone is 1. The van der Waals surface area contributed by atoms with E-state index in [1.54, 1.807) is 5.57 Å². The van der Waals surface area contributed by atoms with E-state index in [-0.39, 0.29) is 0 Å². The molecule has 108 valence electrons. The summed E-state index contributed by atoms with van der Waals surface area (Å²) in [7, 11) is 0. The maximum atomic E-state index is 6.05. The van der Waals surface area contributed by atoms with E-state index < -0.39 is 0 Å². The number of nitrogens with one attached hydrogen (secondary N) is 2.